The summed E-state index contributed by atoms with van der Waals surface area (Å²) in [4.78, 5) is 13.7. The largest absolute Gasteiger partial charge is 0.468 e. The number of likely N-dealkylation sites (tertiary alicyclic amines) is 1. The highest BCUT2D eigenvalue weighted by molar-refractivity contribution is 5.75. The van der Waals surface area contributed by atoms with E-state index in [0.29, 0.717) is 18.9 Å². The molecule has 1 aromatic rings. The summed E-state index contributed by atoms with van der Waals surface area (Å²) >= 11 is 0. The molecule has 100 valence electrons. The molecule has 6 nitrogen and oxygen atoms in total. The van der Waals surface area contributed by atoms with Crippen molar-refractivity contribution in [3.8, 4) is 0 Å². The van der Waals surface area contributed by atoms with Crippen molar-refractivity contribution < 1.29 is 18.8 Å². The van der Waals surface area contributed by atoms with Gasteiger partial charge in [-0.2, -0.15) is 0 Å². The van der Waals surface area contributed by atoms with E-state index in [9.17, 15) is 4.79 Å². The maximum absolute atomic E-state index is 11.6. The lowest BCUT2D eigenvalue weighted by molar-refractivity contribution is -0.146. The van der Waals surface area contributed by atoms with Crippen LogP contribution in [0.15, 0.2) is 10.6 Å². The zero-order chi connectivity index (χ0) is 13.0. The second-order valence-corrected chi connectivity index (χ2v) is 4.37. The molecule has 2 rings (SSSR count). The Balaban J connectivity index is 1.96. The molecule has 0 amide bonds. The molecule has 0 radical (unpaired) electrons. The summed E-state index contributed by atoms with van der Waals surface area (Å²) in [5, 5.41) is 3.97. The van der Waals surface area contributed by atoms with Crippen LogP contribution in [0, 0.1) is 0 Å². The van der Waals surface area contributed by atoms with Gasteiger partial charge in [-0.1, -0.05) is 5.16 Å². The molecule has 1 atom stereocenters. The third-order valence-corrected chi connectivity index (χ3v) is 3.10. The van der Waals surface area contributed by atoms with Gasteiger partial charge >= 0.3 is 5.97 Å². The smallest absolute Gasteiger partial charge is 0.323 e. The minimum atomic E-state index is -0.173. The zero-order valence-corrected chi connectivity index (χ0v) is 10.7. The number of hydrogen-bond acceptors (Lipinski definition) is 6. The third-order valence-electron chi connectivity index (χ3n) is 3.10. The average Bonchev–Trinajstić information content (AvgIpc) is 2.99. The Morgan fingerprint density at radius 2 is 2.44 bits per heavy atom. The molecule has 0 spiro atoms. The normalized spacial score (nSPS) is 20.2. The minimum absolute atomic E-state index is 0.155. The summed E-state index contributed by atoms with van der Waals surface area (Å²) in [5.41, 5.74) is 0.817. The Labute approximate surface area is 106 Å². The number of carbonyl (C=O) groups excluding carboxylic acids is 1. The number of methoxy groups -OCH3 is 2. The van der Waals surface area contributed by atoms with Crippen molar-refractivity contribution in [3.05, 3.63) is 17.5 Å². The van der Waals surface area contributed by atoms with E-state index in [4.69, 9.17) is 14.0 Å². The van der Waals surface area contributed by atoms with Gasteiger partial charge in [-0.05, 0) is 19.4 Å². The lowest BCUT2D eigenvalue weighted by atomic mass is 10.2. The molecule has 0 saturated carbocycles. The molecule has 1 saturated heterocycles. The van der Waals surface area contributed by atoms with Gasteiger partial charge in [-0.15, -0.1) is 0 Å². The fourth-order valence-corrected chi connectivity index (χ4v) is 2.27. The van der Waals surface area contributed by atoms with E-state index < -0.39 is 0 Å². The Morgan fingerprint density at radius 3 is 3.17 bits per heavy atom. The van der Waals surface area contributed by atoms with Crippen LogP contribution < -0.4 is 0 Å². The van der Waals surface area contributed by atoms with Crippen LogP contribution in [0.1, 0.15) is 24.3 Å². The number of nitrogens with zero attached hydrogens (tertiary/aromatic N) is 2. The summed E-state index contributed by atoms with van der Waals surface area (Å²) in [6.07, 6.45) is 1.85. The molecule has 0 aliphatic carbocycles. The first kappa shape index (κ1) is 13.0. The highest BCUT2D eigenvalue weighted by Gasteiger charge is 2.31. The summed E-state index contributed by atoms with van der Waals surface area (Å²) < 4.78 is 14.9. The molecule has 0 N–H and O–H groups in total. The van der Waals surface area contributed by atoms with Crippen molar-refractivity contribution in [1.29, 1.82) is 0 Å². The minimum Gasteiger partial charge on any atom is -0.468 e. The molecule has 0 aromatic carbocycles. The second-order valence-electron chi connectivity index (χ2n) is 4.37. The second kappa shape index (κ2) is 5.97. The predicted molar refractivity (Wildman–Crippen MR) is 62.7 cm³/mol. The molecule has 18 heavy (non-hydrogen) atoms. The molecule has 1 unspecified atom stereocenters. The van der Waals surface area contributed by atoms with Gasteiger partial charge in [0.2, 0.25) is 0 Å². The Morgan fingerprint density at radius 1 is 1.61 bits per heavy atom. The van der Waals surface area contributed by atoms with Crippen molar-refractivity contribution in [2.45, 2.75) is 32.0 Å². The lowest BCUT2D eigenvalue weighted by Crippen LogP contribution is -2.36. The monoisotopic (exact) mass is 254 g/mol. The highest BCUT2D eigenvalue weighted by Crippen LogP contribution is 2.21. The SMILES string of the molecule is COCc1cc(CN2CCCC2C(=O)OC)no1. The number of rotatable bonds is 5. The van der Waals surface area contributed by atoms with Gasteiger partial charge < -0.3 is 14.0 Å². The van der Waals surface area contributed by atoms with Crippen molar-refractivity contribution >= 4 is 5.97 Å². The van der Waals surface area contributed by atoms with Crippen LogP contribution in [-0.4, -0.2) is 42.8 Å². The summed E-state index contributed by atoms with van der Waals surface area (Å²) in [5.74, 6) is 0.523. The van der Waals surface area contributed by atoms with Crippen LogP contribution in [0.3, 0.4) is 0 Å². The maximum Gasteiger partial charge on any atom is 0.323 e. The van der Waals surface area contributed by atoms with Gasteiger partial charge in [0.1, 0.15) is 12.6 Å². The quantitative estimate of drug-likeness (QED) is 0.729. The van der Waals surface area contributed by atoms with Crippen LogP contribution in [0.2, 0.25) is 0 Å². The first-order valence-corrected chi connectivity index (χ1v) is 6.00. The van der Waals surface area contributed by atoms with E-state index in [-0.39, 0.29) is 12.0 Å². The Bertz CT molecular complexity index is 405. The third kappa shape index (κ3) is 2.88. The van der Waals surface area contributed by atoms with E-state index in [1.54, 1.807) is 7.11 Å². The predicted octanol–water partition coefficient (Wildman–Crippen LogP) is 0.958. The van der Waals surface area contributed by atoms with E-state index in [1.165, 1.54) is 7.11 Å². The number of ether oxygens (including phenoxy) is 2. The van der Waals surface area contributed by atoms with E-state index in [0.717, 1.165) is 25.1 Å². The maximum atomic E-state index is 11.6. The van der Waals surface area contributed by atoms with Crippen molar-refractivity contribution in [1.82, 2.24) is 10.1 Å². The van der Waals surface area contributed by atoms with E-state index in [1.807, 2.05) is 6.07 Å². The fraction of sp³-hybridized carbons (Fsp3) is 0.667. The van der Waals surface area contributed by atoms with Gasteiger partial charge in [0.15, 0.2) is 5.76 Å². The zero-order valence-electron chi connectivity index (χ0n) is 10.7. The molecule has 1 aliphatic rings. The standard InChI is InChI=1S/C12H18N2O4/c1-16-8-10-6-9(13-18-10)7-14-5-3-4-11(14)12(15)17-2/h6,11H,3-5,7-8H2,1-2H3. The average molecular weight is 254 g/mol. The van der Waals surface area contributed by atoms with Gasteiger partial charge in [-0.3, -0.25) is 9.69 Å². The van der Waals surface area contributed by atoms with Gasteiger partial charge in [-0.25, -0.2) is 0 Å². The summed E-state index contributed by atoms with van der Waals surface area (Å²) in [6.45, 7) is 1.90. The molecule has 1 aliphatic heterocycles. The van der Waals surface area contributed by atoms with Crippen molar-refractivity contribution in [2.75, 3.05) is 20.8 Å². The van der Waals surface area contributed by atoms with Crippen molar-refractivity contribution in [2.24, 2.45) is 0 Å². The van der Waals surface area contributed by atoms with Gasteiger partial charge in [0.25, 0.3) is 0 Å². The molecule has 2 heterocycles. The summed E-state index contributed by atoms with van der Waals surface area (Å²) in [7, 11) is 3.03. The van der Waals surface area contributed by atoms with Crippen LogP contribution in [0.25, 0.3) is 0 Å². The molecule has 0 bridgehead atoms. The lowest BCUT2D eigenvalue weighted by Gasteiger charge is -2.20. The molecule has 1 fully saturated rings. The summed E-state index contributed by atoms with van der Waals surface area (Å²) in [6, 6.07) is 1.70. The first-order chi connectivity index (χ1) is 8.74. The van der Waals surface area contributed by atoms with E-state index in [2.05, 4.69) is 10.1 Å². The van der Waals surface area contributed by atoms with Crippen LogP contribution in [0.4, 0.5) is 0 Å². The van der Waals surface area contributed by atoms with Crippen molar-refractivity contribution in [3.63, 3.8) is 0 Å². The molecule has 1 aromatic heterocycles. The Hall–Kier alpha value is -1.40. The highest BCUT2D eigenvalue weighted by atomic mass is 16.5. The number of carbonyl (C=O) groups is 1. The molecule has 6 heteroatoms. The number of aromatic nitrogens is 1. The molecular weight excluding hydrogens is 236 g/mol. The van der Waals surface area contributed by atoms with Crippen LogP contribution in [0.5, 0.6) is 0 Å². The number of hydrogen-bond donors (Lipinski definition) is 0. The number of esters is 1. The topological polar surface area (TPSA) is 64.8 Å². The van der Waals surface area contributed by atoms with Gasteiger partial charge in [0, 0.05) is 19.7 Å². The van der Waals surface area contributed by atoms with Crippen LogP contribution in [-0.2, 0) is 27.4 Å². The van der Waals surface area contributed by atoms with E-state index >= 15 is 0 Å². The van der Waals surface area contributed by atoms with Gasteiger partial charge in [0.05, 0.1) is 12.8 Å². The first-order valence-electron chi connectivity index (χ1n) is 6.00. The molecular formula is C12H18N2O4. The van der Waals surface area contributed by atoms with Crippen LogP contribution >= 0.6 is 0 Å². The fourth-order valence-electron chi connectivity index (χ4n) is 2.27. The Kier molecular flexibility index (Phi) is 4.33.